The van der Waals surface area contributed by atoms with E-state index in [4.69, 9.17) is 4.74 Å². The quantitative estimate of drug-likeness (QED) is 0.817. The molecule has 112 valence electrons. The highest BCUT2D eigenvalue weighted by Crippen LogP contribution is 2.24. The van der Waals surface area contributed by atoms with Gasteiger partial charge >= 0.3 is 5.97 Å². The van der Waals surface area contributed by atoms with Crippen LogP contribution in [0.3, 0.4) is 0 Å². The molecular formula is C15H21F2NO2. The SMILES string of the molecule is CCOC(=O)C(C)(NCC(C)C)c1ccc(F)c(F)c1. The summed E-state index contributed by atoms with van der Waals surface area (Å²) in [5.74, 6) is -2.13. The van der Waals surface area contributed by atoms with Crippen LogP contribution in [0.2, 0.25) is 0 Å². The molecule has 0 radical (unpaired) electrons. The van der Waals surface area contributed by atoms with E-state index in [-0.39, 0.29) is 6.61 Å². The van der Waals surface area contributed by atoms with Crippen molar-refractivity contribution in [3.63, 3.8) is 0 Å². The monoisotopic (exact) mass is 285 g/mol. The van der Waals surface area contributed by atoms with Crippen LogP contribution >= 0.6 is 0 Å². The molecule has 0 saturated carbocycles. The van der Waals surface area contributed by atoms with Crippen LogP contribution in [-0.2, 0) is 15.1 Å². The highest BCUT2D eigenvalue weighted by Gasteiger charge is 2.37. The summed E-state index contributed by atoms with van der Waals surface area (Å²) in [6, 6.07) is 3.43. The highest BCUT2D eigenvalue weighted by molar-refractivity contribution is 5.82. The van der Waals surface area contributed by atoms with Gasteiger partial charge in [0.05, 0.1) is 6.61 Å². The van der Waals surface area contributed by atoms with Crippen molar-refractivity contribution in [2.24, 2.45) is 5.92 Å². The Bertz CT molecular complexity index is 477. The number of rotatable bonds is 6. The van der Waals surface area contributed by atoms with Gasteiger partial charge in [-0.25, -0.2) is 13.6 Å². The molecule has 0 bridgehead atoms. The van der Waals surface area contributed by atoms with E-state index >= 15 is 0 Å². The summed E-state index contributed by atoms with van der Waals surface area (Å²) in [5.41, 5.74) is -0.857. The number of carbonyl (C=O) groups excluding carboxylic acids is 1. The maximum atomic E-state index is 13.4. The lowest BCUT2D eigenvalue weighted by molar-refractivity contribution is -0.151. The Morgan fingerprint density at radius 2 is 2.00 bits per heavy atom. The lowest BCUT2D eigenvalue weighted by Gasteiger charge is -2.30. The maximum Gasteiger partial charge on any atom is 0.330 e. The smallest absolute Gasteiger partial charge is 0.330 e. The zero-order chi connectivity index (χ0) is 15.3. The van der Waals surface area contributed by atoms with E-state index in [1.54, 1.807) is 13.8 Å². The Hall–Kier alpha value is -1.49. The normalized spacial score (nSPS) is 14.2. The first-order valence-electron chi connectivity index (χ1n) is 6.69. The molecule has 5 heteroatoms. The summed E-state index contributed by atoms with van der Waals surface area (Å²) in [6.45, 7) is 8.06. The van der Waals surface area contributed by atoms with Gasteiger partial charge in [-0.05, 0) is 44.0 Å². The molecule has 0 aliphatic rings. The first-order valence-corrected chi connectivity index (χ1v) is 6.69. The molecule has 1 N–H and O–H groups in total. The minimum absolute atomic E-state index is 0.224. The molecule has 0 saturated heterocycles. The van der Waals surface area contributed by atoms with E-state index in [0.29, 0.717) is 18.0 Å². The Morgan fingerprint density at radius 3 is 2.50 bits per heavy atom. The lowest BCUT2D eigenvalue weighted by Crippen LogP contribution is -2.49. The first kappa shape index (κ1) is 16.6. The minimum Gasteiger partial charge on any atom is -0.464 e. The molecule has 1 aromatic carbocycles. The number of carbonyl (C=O) groups is 1. The van der Waals surface area contributed by atoms with Gasteiger partial charge in [0.25, 0.3) is 0 Å². The third kappa shape index (κ3) is 3.76. The minimum atomic E-state index is -1.20. The number of hydrogen-bond acceptors (Lipinski definition) is 3. The van der Waals surface area contributed by atoms with Gasteiger partial charge in [0.15, 0.2) is 11.6 Å². The number of esters is 1. The van der Waals surface area contributed by atoms with E-state index in [9.17, 15) is 13.6 Å². The average molecular weight is 285 g/mol. The first-order chi connectivity index (χ1) is 9.31. The summed E-state index contributed by atoms with van der Waals surface area (Å²) in [4.78, 5) is 12.2. The van der Waals surface area contributed by atoms with Gasteiger partial charge in [0.2, 0.25) is 0 Å². The van der Waals surface area contributed by atoms with Crippen LogP contribution in [0.15, 0.2) is 18.2 Å². The van der Waals surface area contributed by atoms with Gasteiger partial charge in [0, 0.05) is 0 Å². The molecule has 1 rings (SSSR count). The number of ether oxygens (including phenoxy) is 1. The van der Waals surface area contributed by atoms with Crippen LogP contribution in [0, 0.1) is 17.6 Å². The van der Waals surface area contributed by atoms with Crippen LogP contribution in [0.1, 0.15) is 33.3 Å². The molecular weight excluding hydrogens is 264 g/mol. The molecule has 1 atom stereocenters. The molecule has 0 aliphatic carbocycles. The Morgan fingerprint density at radius 1 is 1.35 bits per heavy atom. The topological polar surface area (TPSA) is 38.3 Å². The summed E-state index contributed by atoms with van der Waals surface area (Å²) in [5, 5.41) is 3.08. The lowest BCUT2D eigenvalue weighted by atomic mass is 9.91. The van der Waals surface area contributed by atoms with Gasteiger partial charge in [-0.3, -0.25) is 5.32 Å². The van der Waals surface area contributed by atoms with E-state index in [1.165, 1.54) is 6.07 Å². The van der Waals surface area contributed by atoms with Crippen molar-refractivity contribution in [1.29, 1.82) is 0 Å². The Balaban J connectivity index is 3.14. The molecule has 0 heterocycles. The zero-order valence-electron chi connectivity index (χ0n) is 12.3. The molecule has 1 aromatic rings. The Labute approximate surface area is 118 Å². The van der Waals surface area contributed by atoms with E-state index in [0.717, 1.165) is 12.1 Å². The molecule has 3 nitrogen and oxygen atoms in total. The standard InChI is InChI=1S/C15H21F2NO2/c1-5-20-14(19)15(4,18-9-10(2)3)11-6-7-12(16)13(17)8-11/h6-8,10,18H,5,9H2,1-4H3. The third-order valence-corrected chi connectivity index (χ3v) is 3.04. The van der Waals surface area contributed by atoms with Crippen LogP contribution < -0.4 is 5.32 Å². The zero-order valence-corrected chi connectivity index (χ0v) is 12.3. The number of halogens is 2. The average Bonchev–Trinajstić information content (AvgIpc) is 2.39. The van der Waals surface area contributed by atoms with Crippen molar-refractivity contribution >= 4 is 5.97 Å². The van der Waals surface area contributed by atoms with Crippen LogP contribution in [0.4, 0.5) is 8.78 Å². The van der Waals surface area contributed by atoms with E-state index in [1.807, 2.05) is 13.8 Å². The van der Waals surface area contributed by atoms with Crippen molar-refractivity contribution < 1.29 is 18.3 Å². The molecule has 0 amide bonds. The second-order valence-corrected chi connectivity index (χ2v) is 5.25. The van der Waals surface area contributed by atoms with E-state index in [2.05, 4.69) is 5.32 Å². The summed E-state index contributed by atoms with van der Waals surface area (Å²) < 4.78 is 31.5. The van der Waals surface area contributed by atoms with Gasteiger partial charge in [-0.1, -0.05) is 19.9 Å². The van der Waals surface area contributed by atoms with Gasteiger partial charge in [-0.15, -0.1) is 0 Å². The van der Waals surface area contributed by atoms with Crippen molar-refractivity contribution in [1.82, 2.24) is 5.32 Å². The largest absolute Gasteiger partial charge is 0.464 e. The predicted octanol–water partition coefficient (Wildman–Crippen LogP) is 2.99. The van der Waals surface area contributed by atoms with Gasteiger partial charge < -0.3 is 4.74 Å². The number of benzene rings is 1. The molecule has 0 aromatic heterocycles. The van der Waals surface area contributed by atoms with Gasteiger partial charge in [0.1, 0.15) is 5.54 Å². The van der Waals surface area contributed by atoms with Crippen molar-refractivity contribution in [3.8, 4) is 0 Å². The second-order valence-electron chi connectivity index (χ2n) is 5.25. The number of hydrogen-bond donors (Lipinski definition) is 1. The molecule has 20 heavy (non-hydrogen) atoms. The number of nitrogens with one attached hydrogen (secondary N) is 1. The van der Waals surface area contributed by atoms with E-state index < -0.39 is 23.1 Å². The van der Waals surface area contributed by atoms with Crippen molar-refractivity contribution in [2.45, 2.75) is 33.2 Å². The predicted molar refractivity (Wildman–Crippen MR) is 73.2 cm³/mol. The summed E-state index contributed by atoms with van der Waals surface area (Å²) in [7, 11) is 0. The van der Waals surface area contributed by atoms with Crippen molar-refractivity contribution in [2.75, 3.05) is 13.2 Å². The molecule has 0 aliphatic heterocycles. The summed E-state index contributed by atoms with van der Waals surface area (Å²) >= 11 is 0. The van der Waals surface area contributed by atoms with Gasteiger partial charge in [-0.2, -0.15) is 0 Å². The molecule has 1 unspecified atom stereocenters. The Kier molecular flexibility index (Phi) is 5.62. The fraction of sp³-hybridized carbons (Fsp3) is 0.533. The van der Waals surface area contributed by atoms with Crippen molar-refractivity contribution in [3.05, 3.63) is 35.4 Å². The van der Waals surface area contributed by atoms with Crippen LogP contribution in [-0.4, -0.2) is 19.1 Å². The molecule has 0 spiro atoms. The highest BCUT2D eigenvalue weighted by atomic mass is 19.2. The fourth-order valence-electron chi connectivity index (χ4n) is 1.78. The second kappa shape index (κ2) is 6.79. The summed E-state index contributed by atoms with van der Waals surface area (Å²) in [6.07, 6.45) is 0. The van der Waals surface area contributed by atoms with Crippen LogP contribution in [0.25, 0.3) is 0 Å². The van der Waals surface area contributed by atoms with Crippen LogP contribution in [0.5, 0.6) is 0 Å². The maximum absolute atomic E-state index is 13.4. The molecule has 0 fully saturated rings. The fourth-order valence-corrected chi connectivity index (χ4v) is 1.78. The third-order valence-electron chi connectivity index (χ3n) is 3.04.